The molecule has 1 aliphatic heterocycles. The molecular formula is C24H20F5N5O2S. The first-order valence-corrected chi connectivity index (χ1v) is 12.7. The summed E-state index contributed by atoms with van der Waals surface area (Å²) in [6.07, 6.45) is -3.26. The topological polar surface area (TPSA) is 84.1 Å². The Morgan fingerprint density at radius 2 is 1.89 bits per heavy atom. The molecule has 13 heteroatoms. The molecule has 4 aromatic rings. The van der Waals surface area contributed by atoms with Gasteiger partial charge in [0.25, 0.3) is 0 Å². The average Bonchev–Trinajstić information content (AvgIpc) is 3.18. The van der Waals surface area contributed by atoms with Gasteiger partial charge in [-0.2, -0.15) is 23.3 Å². The van der Waals surface area contributed by atoms with E-state index in [2.05, 4.69) is 15.1 Å². The Morgan fingerprint density at radius 3 is 2.59 bits per heavy atom. The fourth-order valence-corrected chi connectivity index (χ4v) is 5.75. The van der Waals surface area contributed by atoms with Gasteiger partial charge in [-0.3, -0.25) is 4.21 Å². The molecule has 1 fully saturated rings. The Hall–Kier alpha value is -3.61. The van der Waals surface area contributed by atoms with Gasteiger partial charge in [0.1, 0.15) is 5.69 Å². The molecule has 2 atom stereocenters. The lowest BCUT2D eigenvalue weighted by molar-refractivity contribution is -0.140. The highest BCUT2D eigenvalue weighted by Crippen LogP contribution is 2.41. The summed E-state index contributed by atoms with van der Waals surface area (Å²) < 4.78 is 82.2. The predicted octanol–water partition coefficient (Wildman–Crippen LogP) is 4.21. The minimum absolute atomic E-state index is 0.115. The van der Waals surface area contributed by atoms with E-state index in [1.54, 1.807) is 0 Å². The van der Waals surface area contributed by atoms with Crippen molar-refractivity contribution >= 4 is 27.8 Å². The summed E-state index contributed by atoms with van der Waals surface area (Å²) in [4.78, 5) is 10.8. The zero-order valence-corrected chi connectivity index (χ0v) is 20.2. The number of phenolic OH excluding ortho intramolecular Hbond substituents is 1. The van der Waals surface area contributed by atoms with Crippen LogP contribution in [0, 0.1) is 11.6 Å². The van der Waals surface area contributed by atoms with Crippen LogP contribution in [0.3, 0.4) is 0 Å². The molecule has 5 rings (SSSR count). The Morgan fingerprint density at radius 1 is 1.16 bits per heavy atom. The summed E-state index contributed by atoms with van der Waals surface area (Å²) in [5.41, 5.74) is -1.58. The molecule has 0 saturated carbocycles. The second kappa shape index (κ2) is 9.36. The molecule has 37 heavy (non-hydrogen) atoms. The van der Waals surface area contributed by atoms with E-state index in [1.165, 1.54) is 17.9 Å². The van der Waals surface area contributed by atoms with Crippen molar-refractivity contribution in [1.29, 1.82) is 0 Å². The van der Waals surface area contributed by atoms with Gasteiger partial charge >= 0.3 is 6.18 Å². The number of rotatable bonds is 4. The maximum Gasteiger partial charge on any atom is 0.419 e. The third-order valence-corrected chi connectivity index (χ3v) is 7.65. The van der Waals surface area contributed by atoms with Crippen molar-refractivity contribution in [2.24, 2.45) is 7.05 Å². The number of alkyl halides is 3. The number of phenols is 1. The molecule has 1 N–H and O–H groups in total. The van der Waals surface area contributed by atoms with Gasteiger partial charge in [-0.25, -0.2) is 18.4 Å². The van der Waals surface area contributed by atoms with Gasteiger partial charge in [0.15, 0.2) is 23.0 Å². The molecule has 3 heterocycles. The fourth-order valence-electron chi connectivity index (χ4n) is 4.46. The lowest BCUT2D eigenvalue weighted by Crippen LogP contribution is -2.48. The van der Waals surface area contributed by atoms with Crippen LogP contribution in [0.15, 0.2) is 42.6 Å². The second-order valence-corrected chi connectivity index (χ2v) is 10.3. The van der Waals surface area contributed by atoms with Crippen LogP contribution in [0.1, 0.15) is 11.1 Å². The van der Waals surface area contributed by atoms with E-state index in [9.17, 15) is 31.3 Å². The van der Waals surface area contributed by atoms with E-state index in [-0.39, 0.29) is 28.8 Å². The molecule has 1 aliphatic rings. The summed E-state index contributed by atoms with van der Waals surface area (Å²) in [6, 6.07) is 9.77. The summed E-state index contributed by atoms with van der Waals surface area (Å²) in [5, 5.41) is 13.9. The number of hydrogen-bond donors (Lipinski definition) is 1. The molecule has 0 spiro atoms. The van der Waals surface area contributed by atoms with Crippen molar-refractivity contribution in [3.63, 3.8) is 0 Å². The number of aromatic nitrogens is 4. The highest BCUT2D eigenvalue weighted by Gasteiger charge is 2.38. The predicted molar refractivity (Wildman–Crippen MR) is 127 cm³/mol. The number of hydrogen-bond acceptors (Lipinski definition) is 6. The van der Waals surface area contributed by atoms with E-state index in [0.717, 1.165) is 5.56 Å². The Labute approximate surface area is 210 Å². The van der Waals surface area contributed by atoms with Crippen LogP contribution in [0.2, 0.25) is 0 Å². The van der Waals surface area contributed by atoms with Crippen LogP contribution >= 0.6 is 0 Å². The van der Waals surface area contributed by atoms with Gasteiger partial charge in [-0.05, 0) is 18.1 Å². The molecule has 0 radical (unpaired) electrons. The van der Waals surface area contributed by atoms with Crippen molar-refractivity contribution in [1.82, 2.24) is 19.7 Å². The second-order valence-electron chi connectivity index (χ2n) is 8.67. The largest absolute Gasteiger partial charge is 0.503 e. The lowest BCUT2D eigenvalue weighted by Gasteiger charge is -2.35. The number of halogens is 5. The van der Waals surface area contributed by atoms with E-state index in [1.807, 2.05) is 35.2 Å². The number of fused-ring (bicyclic) bond motifs is 1. The molecule has 2 aromatic carbocycles. The van der Waals surface area contributed by atoms with Crippen molar-refractivity contribution in [3.05, 3.63) is 65.4 Å². The van der Waals surface area contributed by atoms with Crippen molar-refractivity contribution in [3.8, 4) is 17.0 Å². The molecule has 0 amide bonds. The summed E-state index contributed by atoms with van der Waals surface area (Å²) in [7, 11) is 0.464. The van der Waals surface area contributed by atoms with Gasteiger partial charge < -0.3 is 10.0 Å². The molecule has 2 aromatic heterocycles. The van der Waals surface area contributed by atoms with Crippen LogP contribution in [0.4, 0.5) is 27.9 Å². The van der Waals surface area contributed by atoms with Gasteiger partial charge in [0.05, 0.1) is 10.9 Å². The zero-order chi connectivity index (χ0) is 26.5. The minimum Gasteiger partial charge on any atom is -0.503 e. The number of aromatic hydroxyl groups is 1. The monoisotopic (exact) mass is 537 g/mol. The third kappa shape index (κ3) is 4.63. The van der Waals surface area contributed by atoms with E-state index < -0.39 is 45.5 Å². The molecular weight excluding hydrogens is 517 g/mol. The smallest absolute Gasteiger partial charge is 0.419 e. The van der Waals surface area contributed by atoms with Gasteiger partial charge in [0.2, 0.25) is 5.95 Å². The van der Waals surface area contributed by atoms with Crippen LogP contribution in [0.25, 0.3) is 22.3 Å². The number of benzene rings is 2. The first-order chi connectivity index (χ1) is 17.5. The Balaban J connectivity index is 1.57. The van der Waals surface area contributed by atoms with Gasteiger partial charge in [-0.15, -0.1) is 0 Å². The van der Waals surface area contributed by atoms with Crippen molar-refractivity contribution in [2.45, 2.75) is 18.6 Å². The van der Waals surface area contributed by atoms with Gasteiger partial charge in [0, 0.05) is 53.7 Å². The molecule has 1 saturated heterocycles. The maximum atomic E-state index is 14.7. The maximum absolute atomic E-state index is 14.7. The molecule has 1 unspecified atom stereocenters. The average molecular weight is 538 g/mol. The summed E-state index contributed by atoms with van der Waals surface area (Å²) in [5.74, 6) is -4.28. The highest BCUT2D eigenvalue weighted by atomic mass is 32.2. The number of nitrogens with zero attached hydrogens (tertiary/aromatic N) is 5. The fraction of sp³-hybridized carbons (Fsp3) is 0.292. The molecule has 194 valence electrons. The quantitative estimate of drug-likeness (QED) is 0.393. The van der Waals surface area contributed by atoms with E-state index >= 15 is 0 Å². The number of anilines is 1. The van der Waals surface area contributed by atoms with Crippen LogP contribution in [-0.4, -0.2) is 53.2 Å². The first kappa shape index (κ1) is 25.1. The third-order valence-electron chi connectivity index (χ3n) is 6.26. The SMILES string of the molecule is Cn1nc(-c2cc(C(F)(F)F)c(F)c(O)c2F)c2cnc(N3CCS(=O)C[C@H]3Cc3ccccc3)nc21. The first-order valence-electron chi connectivity index (χ1n) is 11.2. The summed E-state index contributed by atoms with van der Waals surface area (Å²) >= 11 is 0. The standard InChI is InChI=1S/C24H20F5N5O2S/c1-33-22-16(20(32-33)15-10-17(24(27,28)29)19(26)21(35)18(15)25)11-30-23(31-22)34-7-8-37(36)12-14(34)9-13-5-3-2-4-6-13/h2-6,10-11,14,35H,7-9,12H2,1H3/t14-,37?/m1/s1. The van der Waals surface area contributed by atoms with Crippen molar-refractivity contribution < 1.29 is 31.3 Å². The number of aryl methyl sites for hydroxylation is 1. The summed E-state index contributed by atoms with van der Waals surface area (Å²) in [6.45, 7) is 0.426. The van der Waals surface area contributed by atoms with Crippen molar-refractivity contribution in [2.75, 3.05) is 23.0 Å². The van der Waals surface area contributed by atoms with E-state index in [4.69, 9.17) is 0 Å². The Kier molecular flexibility index (Phi) is 6.34. The van der Waals surface area contributed by atoms with Crippen LogP contribution < -0.4 is 4.90 Å². The zero-order valence-electron chi connectivity index (χ0n) is 19.3. The molecule has 0 aliphatic carbocycles. The lowest BCUT2D eigenvalue weighted by atomic mass is 10.0. The van der Waals surface area contributed by atoms with Crippen LogP contribution in [-0.2, 0) is 30.4 Å². The molecule has 0 bridgehead atoms. The van der Waals surface area contributed by atoms with E-state index in [0.29, 0.717) is 30.4 Å². The normalized spacial score (nSPS) is 18.5. The highest BCUT2D eigenvalue weighted by molar-refractivity contribution is 7.85. The Bertz CT molecular complexity index is 1510. The van der Waals surface area contributed by atoms with Crippen LogP contribution in [0.5, 0.6) is 5.75 Å². The molecule has 7 nitrogen and oxygen atoms in total. The van der Waals surface area contributed by atoms with Gasteiger partial charge in [-0.1, -0.05) is 30.3 Å². The minimum atomic E-state index is -5.17.